The van der Waals surface area contributed by atoms with E-state index in [0.29, 0.717) is 57.5 Å². The molecule has 39 heavy (non-hydrogen) atoms. The lowest BCUT2D eigenvalue weighted by Crippen LogP contribution is -2.45. The van der Waals surface area contributed by atoms with Crippen LogP contribution < -0.4 is 15.4 Å². The fourth-order valence-electron chi connectivity index (χ4n) is 7.27. The molecule has 0 bridgehead atoms. The van der Waals surface area contributed by atoms with Crippen molar-refractivity contribution in [3.8, 4) is 6.01 Å². The molecule has 1 aromatic carbocycles. The van der Waals surface area contributed by atoms with E-state index in [-0.39, 0.29) is 11.6 Å². The molecule has 210 valence electrons. The van der Waals surface area contributed by atoms with Gasteiger partial charge in [0.2, 0.25) is 0 Å². The summed E-state index contributed by atoms with van der Waals surface area (Å²) in [4.78, 5) is 14.4. The molecule has 1 aromatic heterocycles. The highest BCUT2D eigenvalue weighted by Gasteiger charge is 2.50. The lowest BCUT2D eigenvalue weighted by Gasteiger charge is -2.44. The van der Waals surface area contributed by atoms with Gasteiger partial charge in [0.25, 0.3) is 0 Å². The highest BCUT2D eigenvalue weighted by Crippen LogP contribution is 2.46. The Labute approximate surface area is 228 Å². The van der Waals surface area contributed by atoms with Gasteiger partial charge in [0, 0.05) is 50.3 Å². The highest BCUT2D eigenvalue weighted by molar-refractivity contribution is 5.54. The summed E-state index contributed by atoms with van der Waals surface area (Å²) in [6.07, 6.45) is 3.15. The number of hydrogen-bond acceptors (Lipinski definition) is 9. The van der Waals surface area contributed by atoms with Gasteiger partial charge in [-0.3, -0.25) is 4.90 Å². The molecule has 3 fully saturated rings. The van der Waals surface area contributed by atoms with Crippen LogP contribution in [-0.2, 0) is 32.8 Å². The highest BCUT2D eigenvalue weighted by atomic mass is 19.1. The average Bonchev–Trinajstić information content (AvgIpc) is 3.31. The minimum Gasteiger partial charge on any atom is -0.461 e. The molecule has 5 aliphatic heterocycles. The summed E-state index contributed by atoms with van der Waals surface area (Å²) in [5.41, 5.74) is 10.1. The van der Waals surface area contributed by atoms with Crippen molar-refractivity contribution in [2.75, 3.05) is 63.2 Å². The Morgan fingerprint density at radius 1 is 1.18 bits per heavy atom. The van der Waals surface area contributed by atoms with E-state index in [1.54, 1.807) is 0 Å². The molecule has 3 saturated heterocycles. The second kappa shape index (κ2) is 9.83. The number of hydrogen-bond donors (Lipinski definition) is 1. The van der Waals surface area contributed by atoms with Gasteiger partial charge in [-0.25, -0.2) is 4.39 Å². The molecule has 1 spiro atoms. The third-order valence-corrected chi connectivity index (χ3v) is 9.32. The molecule has 6 heterocycles. The molecule has 5 aliphatic rings. The zero-order valence-electron chi connectivity index (χ0n) is 22.7. The summed E-state index contributed by atoms with van der Waals surface area (Å²) in [6.45, 7) is 7.65. The summed E-state index contributed by atoms with van der Waals surface area (Å²) in [5.74, 6) is 0.851. The summed E-state index contributed by atoms with van der Waals surface area (Å²) in [5, 5.41) is 0. The number of aromatic nitrogens is 2. The zero-order valence-corrected chi connectivity index (χ0v) is 22.7. The predicted molar refractivity (Wildman–Crippen MR) is 144 cm³/mol. The first-order valence-corrected chi connectivity index (χ1v) is 14.3. The van der Waals surface area contributed by atoms with E-state index >= 15 is 0 Å². The third-order valence-electron chi connectivity index (χ3n) is 9.32. The van der Waals surface area contributed by atoms with Gasteiger partial charge in [0.1, 0.15) is 24.2 Å². The Morgan fingerprint density at radius 3 is 3.03 bits per heavy atom. The largest absolute Gasteiger partial charge is 0.461 e. The Morgan fingerprint density at radius 2 is 2.10 bits per heavy atom. The number of nitrogen functional groups attached to an aromatic ring is 1. The number of nitrogens with two attached hydrogens (primary N) is 1. The SMILES string of the molecule is C[C@@H]1OC[C@]2(Cc3nc(OCC45CCCN4C[C@H](F)C5)nc(N4CCCOCC4)c3CO2)c2cc(N)ccc21. The smallest absolute Gasteiger partial charge is 0.318 e. The first-order chi connectivity index (χ1) is 18.9. The van der Waals surface area contributed by atoms with Crippen molar-refractivity contribution >= 4 is 11.5 Å². The molecule has 9 nitrogen and oxygen atoms in total. The van der Waals surface area contributed by atoms with E-state index in [0.717, 1.165) is 73.7 Å². The standard InChI is InChI=1S/C29H38FN5O4/c1-19-22-5-4-21(31)12-24(22)29(18-37-19)14-25-23(16-39-29)26(34-7-3-10-36-11-9-34)33-27(32-25)38-17-28-6-2-8-35(28)15-20(30)13-28/h4-5,12,19-20H,2-3,6-11,13-18,31H2,1H3/t19-,20+,28?,29+/m0/s1. The van der Waals surface area contributed by atoms with Crippen LogP contribution in [0.15, 0.2) is 18.2 Å². The van der Waals surface area contributed by atoms with Crippen molar-refractivity contribution in [1.29, 1.82) is 0 Å². The number of ether oxygens (including phenoxy) is 4. The third kappa shape index (κ3) is 4.45. The molecule has 0 saturated carbocycles. The molecule has 7 rings (SSSR count). The molecule has 1 unspecified atom stereocenters. The lowest BCUT2D eigenvalue weighted by molar-refractivity contribution is -0.148. The van der Waals surface area contributed by atoms with Gasteiger partial charge in [-0.1, -0.05) is 6.07 Å². The Balaban J connectivity index is 1.25. The second-order valence-electron chi connectivity index (χ2n) is 11.8. The minimum atomic E-state index is -0.802. The monoisotopic (exact) mass is 539 g/mol. The van der Waals surface area contributed by atoms with E-state index < -0.39 is 11.8 Å². The maximum absolute atomic E-state index is 14.4. The summed E-state index contributed by atoms with van der Waals surface area (Å²) in [7, 11) is 0. The summed E-state index contributed by atoms with van der Waals surface area (Å²) in [6, 6.07) is 6.33. The van der Waals surface area contributed by atoms with Crippen LogP contribution in [0.2, 0.25) is 0 Å². The van der Waals surface area contributed by atoms with Crippen LogP contribution in [0, 0.1) is 0 Å². The van der Waals surface area contributed by atoms with Crippen molar-refractivity contribution in [2.45, 2.75) is 69.1 Å². The van der Waals surface area contributed by atoms with Gasteiger partial charge < -0.3 is 29.6 Å². The van der Waals surface area contributed by atoms with Crippen molar-refractivity contribution < 1.29 is 23.3 Å². The molecule has 10 heteroatoms. The van der Waals surface area contributed by atoms with Crippen LogP contribution in [0.4, 0.5) is 15.9 Å². The van der Waals surface area contributed by atoms with Crippen LogP contribution in [0.5, 0.6) is 6.01 Å². The fraction of sp³-hybridized carbons (Fsp3) is 0.655. The normalized spacial score (nSPS) is 32.5. The maximum Gasteiger partial charge on any atom is 0.318 e. The Kier molecular flexibility index (Phi) is 6.41. The van der Waals surface area contributed by atoms with Crippen LogP contribution in [0.1, 0.15) is 61.1 Å². The van der Waals surface area contributed by atoms with E-state index in [4.69, 9.17) is 34.6 Å². The van der Waals surface area contributed by atoms with E-state index in [2.05, 4.69) is 16.7 Å². The van der Waals surface area contributed by atoms with Gasteiger partial charge in [-0.15, -0.1) is 0 Å². The van der Waals surface area contributed by atoms with Gasteiger partial charge in [0.15, 0.2) is 0 Å². The molecule has 0 amide bonds. The second-order valence-corrected chi connectivity index (χ2v) is 11.8. The minimum absolute atomic E-state index is 0.0347. The van der Waals surface area contributed by atoms with E-state index in [1.807, 2.05) is 18.2 Å². The molecule has 2 N–H and O–H groups in total. The molecular weight excluding hydrogens is 501 g/mol. The summed E-state index contributed by atoms with van der Waals surface area (Å²) < 4.78 is 39.4. The van der Waals surface area contributed by atoms with E-state index in [9.17, 15) is 4.39 Å². The fourth-order valence-corrected chi connectivity index (χ4v) is 7.27. The molecule has 0 aliphatic carbocycles. The quantitative estimate of drug-likeness (QED) is 0.587. The zero-order chi connectivity index (χ0) is 26.6. The molecule has 2 aromatic rings. The van der Waals surface area contributed by atoms with E-state index in [1.165, 1.54) is 0 Å². The number of nitrogens with zero attached hydrogens (tertiary/aromatic N) is 4. The topological polar surface area (TPSA) is 95.2 Å². The average molecular weight is 540 g/mol. The number of anilines is 2. The number of fused-ring (bicyclic) bond motifs is 4. The van der Waals surface area contributed by atoms with Gasteiger partial charge in [-0.2, -0.15) is 9.97 Å². The molecule has 0 radical (unpaired) electrons. The van der Waals surface area contributed by atoms with Crippen molar-refractivity contribution in [2.24, 2.45) is 0 Å². The molecular formula is C29H38FN5O4. The number of halogens is 1. The van der Waals surface area contributed by atoms with Crippen LogP contribution in [-0.4, -0.2) is 79.2 Å². The Bertz CT molecular complexity index is 1240. The van der Waals surface area contributed by atoms with Gasteiger partial charge >= 0.3 is 6.01 Å². The van der Waals surface area contributed by atoms with Crippen LogP contribution in [0.25, 0.3) is 0 Å². The van der Waals surface area contributed by atoms with Crippen molar-refractivity contribution in [3.05, 3.63) is 40.6 Å². The van der Waals surface area contributed by atoms with Crippen molar-refractivity contribution in [3.63, 3.8) is 0 Å². The first-order valence-electron chi connectivity index (χ1n) is 14.3. The maximum atomic E-state index is 14.4. The predicted octanol–water partition coefficient (Wildman–Crippen LogP) is 3.30. The lowest BCUT2D eigenvalue weighted by atomic mass is 9.80. The Hall–Kier alpha value is -2.53. The van der Waals surface area contributed by atoms with Gasteiger partial charge in [0.05, 0.1) is 37.2 Å². The van der Waals surface area contributed by atoms with Gasteiger partial charge in [-0.05, 0) is 56.0 Å². The summed E-state index contributed by atoms with van der Waals surface area (Å²) >= 11 is 0. The van der Waals surface area contributed by atoms with Crippen LogP contribution in [0.3, 0.4) is 0 Å². The number of rotatable bonds is 4. The molecule has 4 atom stereocenters. The van der Waals surface area contributed by atoms with Crippen molar-refractivity contribution in [1.82, 2.24) is 14.9 Å². The van der Waals surface area contributed by atoms with Crippen LogP contribution >= 0.6 is 0 Å². The first kappa shape index (κ1) is 25.4. The number of benzene rings is 1. The number of alkyl halides is 1.